The van der Waals surface area contributed by atoms with E-state index in [1.165, 1.54) is 5.56 Å². The molecule has 2 heterocycles. The van der Waals surface area contributed by atoms with Crippen molar-refractivity contribution >= 4 is 0 Å². The van der Waals surface area contributed by atoms with Gasteiger partial charge in [0, 0.05) is 6.54 Å². The number of rotatable bonds is 4. The van der Waals surface area contributed by atoms with E-state index in [1.54, 1.807) is 12.7 Å². The van der Waals surface area contributed by atoms with E-state index >= 15 is 0 Å². The Kier molecular flexibility index (Phi) is 3.34. The highest BCUT2D eigenvalue weighted by Crippen LogP contribution is 2.19. The van der Waals surface area contributed by atoms with Gasteiger partial charge in [0.1, 0.15) is 12.7 Å². The number of aromatic nitrogens is 3. The van der Waals surface area contributed by atoms with Crippen LogP contribution in [0.2, 0.25) is 0 Å². The number of benzene rings is 1. The molecule has 1 aliphatic rings. The summed E-state index contributed by atoms with van der Waals surface area (Å²) in [7, 11) is 0. The summed E-state index contributed by atoms with van der Waals surface area (Å²) in [5.74, 6) is 0. The summed E-state index contributed by atoms with van der Waals surface area (Å²) in [6, 6.07) is 10.7. The number of hydrogen-bond acceptors (Lipinski definition) is 4. The lowest BCUT2D eigenvalue weighted by Crippen LogP contribution is -2.31. The minimum absolute atomic E-state index is 0.368. The van der Waals surface area contributed by atoms with Gasteiger partial charge in [-0.1, -0.05) is 30.3 Å². The molecule has 3 rings (SSSR count). The Morgan fingerprint density at radius 1 is 1.28 bits per heavy atom. The average Bonchev–Trinajstić information content (AvgIpc) is 3.04. The van der Waals surface area contributed by atoms with E-state index in [9.17, 15) is 0 Å². The third-order valence-corrected chi connectivity index (χ3v) is 3.16. The first kappa shape index (κ1) is 11.4. The Labute approximate surface area is 106 Å². The van der Waals surface area contributed by atoms with Crippen LogP contribution in [0.4, 0.5) is 0 Å². The molecule has 0 aliphatic carbocycles. The zero-order chi connectivity index (χ0) is 12.2. The molecule has 1 aromatic heterocycles. The molecule has 1 atom stereocenters. The molecule has 0 N–H and O–H groups in total. The Bertz CT molecular complexity index is 471. The van der Waals surface area contributed by atoms with Gasteiger partial charge in [-0.05, 0) is 12.0 Å². The van der Waals surface area contributed by atoms with Gasteiger partial charge in [-0.25, -0.2) is 4.98 Å². The molecule has 1 fully saturated rings. The van der Waals surface area contributed by atoms with Gasteiger partial charge in [0.05, 0.1) is 19.2 Å². The van der Waals surface area contributed by atoms with Crippen molar-refractivity contribution in [1.82, 2.24) is 19.8 Å². The van der Waals surface area contributed by atoms with Gasteiger partial charge >= 0.3 is 0 Å². The molecule has 0 saturated carbocycles. The molecule has 0 amide bonds. The largest absolute Gasteiger partial charge is 0.298 e. The predicted molar refractivity (Wildman–Crippen MR) is 66.4 cm³/mol. The molecule has 1 saturated heterocycles. The van der Waals surface area contributed by atoms with Gasteiger partial charge in [-0.3, -0.25) is 9.52 Å². The minimum atomic E-state index is 0.368. The molecule has 18 heavy (non-hydrogen) atoms. The third-order valence-electron chi connectivity index (χ3n) is 3.16. The zero-order valence-corrected chi connectivity index (χ0v) is 10.1. The van der Waals surface area contributed by atoms with Gasteiger partial charge in [0.25, 0.3) is 0 Å². The van der Waals surface area contributed by atoms with Gasteiger partial charge in [-0.15, -0.1) is 0 Å². The van der Waals surface area contributed by atoms with Crippen LogP contribution < -0.4 is 0 Å². The van der Waals surface area contributed by atoms with E-state index in [2.05, 4.69) is 39.4 Å². The third kappa shape index (κ3) is 2.57. The lowest BCUT2D eigenvalue weighted by atomic mass is 10.2. The summed E-state index contributed by atoms with van der Waals surface area (Å²) < 4.78 is 1.86. The van der Waals surface area contributed by atoms with E-state index < -0.39 is 0 Å². The fourth-order valence-corrected chi connectivity index (χ4v) is 2.22. The fourth-order valence-electron chi connectivity index (χ4n) is 2.22. The van der Waals surface area contributed by atoms with Crippen molar-refractivity contribution in [3.63, 3.8) is 0 Å². The van der Waals surface area contributed by atoms with Crippen molar-refractivity contribution in [2.24, 2.45) is 0 Å². The second kappa shape index (κ2) is 5.29. The Balaban J connectivity index is 1.64. The van der Waals surface area contributed by atoms with E-state index in [-0.39, 0.29) is 0 Å². The minimum Gasteiger partial charge on any atom is -0.298 e. The lowest BCUT2D eigenvalue weighted by Gasteiger charge is -2.22. The van der Waals surface area contributed by atoms with Crippen molar-refractivity contribution < 1.29 is 4.84 Å². The smallest absolute Gasteiger partial charge is 0.137 e. The van der Waals surface area contributed by atoms with Crippen molar-refractivity contribution in [2.45, 2.75) is 25.6 Å². The van der Waals surface area contributed by atoms with Crippen LogP contribution in [0, 0.1) is 0 Å². The normalized spacial score (nSPS) is 20.3. The average molecular weight is 244 g/mol. The Morgan fingerprint density at radius 3 is 2.94 bits per heavy atom. The molecule has 94 valence electrons. The van der Waals surface area contributed by atoms with Crippen molar-refractivity contribution in [3.05, 3.63) is 48.5 Å². The summed E-state index contributed by atoms with van der Waals surface area (Å²) in [6.45, 7) is 2.43. The van der Waals surface area contributed by atoms with E-state index in [0.29, 0.717) is 6.04 Å². The van der Waals surface area contributed by atoms with Crippen molar-refractivity contribution in [1.29, 1.82) is 0 Å². The molecular formula is C13H16N4O. The molecule has 1 aliphatic heterocycles. The topological polar surface area (TPSA) is 43.2 Å². The summed E-state index contributed by atoms with van der Waals surface area (Å²) in [5, 5.41) is 6.20. The molecule has 1 aromatic carbocycles. The molecule has 0 spiro atoms. The van der Waals surface area contributed by atoms with Crippen LogP contribution in [-0.4, -0.2) is 32.5 Å². The monoisotopic (exact) mass is 244 g/mol. The molecule has 2 aromatic rings. The highest BCUT2D eigenvalue weighted by atomic mass is 16.7. The fraction of sp³-hybridized carbons (Fsp3) is 0.385. The second-order valence-corrected chi connectivity index (χ2v) is 4.45. The number of hydrogen-bond donors (Lipinski definition) is 0. The Hall–Kier alpha value is -1.72. The van der Waals surface area contributed by atoms with E-state index in [0.717, 1.165) is 26.1 Å². The Morgan fingerprint density at radius 2 is 2.17 bits per heavy atom. The predicted octanol–water partition coefficient (Wildman–Crippen LogP) is 1.48. The number of nitrogens with zero attached hydrogens (tertiary/aromatic N) is 4. The van der Waals surface area contributed by atoms with Gasteiger partial charge in [-0.2, -0.15) is 10.2 Å². The van der Waals surface area contributed by atoms with Crippen LogP contribution in [0.5, 0.6) is 0 Å². The molecule has 0 bridgehead atoms. The van der Waals surface area contributed by atoms with Gasteiger partial charge in [0.2, 0.25) is 0 Å². The molecule has 5 nitrogen and oxygen atoms in total. The van der Waals surface area contributed by atoms with E-state index in [1.807, 2.05) is 10.7 Å². The summed E-state index contributed by atoms with van der Waals surface area (Å²) in [4.78, 5) is 9.66. The van der Waals surface area contributed by atoms with Crippen LogP contribution >= 0.6 is 0 Å². The maximum atomic E-state index is 5.69. The molecule has 1 unspecified atom stereocenters. The van der Waals surface area contributed by atoms with Gasteiger partial charge in [0.15, 0.2) is 0 Å². The van der Waals surface area contributed by atoms with Crippen LogP contribution in [0.1, 0.15) is 12.0 Å². The first-order valence-electron chi connectivity index (χ1n) is 6.18. The highest BCUT2D eigenvalue weighted by Gasteiger charge is 2.26. The molecule has 5 heteroatoms. The maximum Gasteiger partial charge on any atom is 0.137 e. The first-order chi connectivity index (χ1) is 8.92. The van der Waals surface area contributed by atoms with Crippen molar-refractivity contribution in [3.8, 4) is 0 Å². The van der Waals surface area contributed by atoms with Crippen LogP contribution in [0.25, 0.3) is 0 Å². The van der Waals surface area contributed by atoms with E-state index in [4.69, 9.17) is 4.84 Å². The van der Waals surface area contributed by atoms with Crippen molar-refractivity contribution in [2.75, 3.05) is 6.61 Å². The van der Waals surface area contributed by atoms with Crippen LogP contribution in [0.15, 0.2) is 43.0 Å². The van der Waals surface area contributed by atoms with Crippen LogP contribution in [-0.2, 0) is 17.9 Å². The SMILES string of the molecule is c1ccc(CN2OCCC2Cn2cncn2)cc1. The molecular weight excluding hydrogens is 228 g/mol. The summed E-state index contributed by atoms with van der Waals surface area (Å²) in [6.07, 6.45) is 4.35. The quantitative estimate of drug-likeness (QED) is 0.817. The standard InChI is InChI=1S/C13H16N4O/c1-2-4-12(5-3-1)8-17-13(6-7-18-17)9-16-11-14-10-15-16/h1-5,10-11,13H,6-9H2. The molecule has 0 radical (unpaired) electrons. The zero-order valence-electron chi connectivity index (χ0n) is 10.1. The van der Waals surface area contributed by atoms with Crippen LogP contribution in [0.3, 0.4) is 0 Å². The number of hydroxylamine groups is 2. The maximum absolute atomic E-state index is 5.69. The highest BCUT2D eigenvalue weighted by molar-refractivity contribution is 5.14. The van der Waals surface area contributed by atoms with Gasteiger partial charge < -0.3 is 0 Å². The first-order valence-corrected chi connectivity index (χ1v) is 6.18. The lowest BCUT2D eigenvalue weighted by molar-refractivity contribution is -0.142. The second-order valence-electron chi connectivity index (χ2n) is 4.45. The summed E-state index contributed by atoms with van der Waals surface area (Å²) >= 11 is 0. The summed E-state index contributed by atoms with van der Waals surface area (Å²) in [5.41, 5.74) is 1.27.